The molecule has 1 atom stereocenters. The van der Waals surface area contributed by atoms with Gasteiger partial charge in [0, 0.05) is 17.7 Å². The third-order valence-electron chi connectivity index (χ3n) is 7.49. The fraction of sp³-hybridized carbons (Fsp3) is 0.281. The number of nitrogens with one attached hydrogen (secondary N) is 1. The minimum atomic E-state index is -3.15. The van der Waals surface area contributed by atoms with Crippen molar-refractivity contribution >= 4 is 28.9 Å². The van der Waals surface area contributed by atoms with Crippen molar-refractivity contribution in [3.63, 3.8) is 0 Å². The number of halogens is 4. The zero-order chi connectivity index (χ0) is 33.2. The maximum absolute atomic E-state index is 14.2. The highest BCUT2D eigenvalue weighted by molar-refractivity contribution is 6.28. The van der Waals surface area contributed by atoms with Crippen molar-refractivity contribution in [1.29, 1.82) is 0 Å². The second kappa shape index (κ2) is 13.0. The van der Waals surface area contributed by atoms with Gasteiger partial charge in [-0.15, -0.1) is 10.2 Å². The second-order valence-corrected chi connectivity index (χ2v) is 10.5. The van der Waals surface area contributed by atoms with E-state index in [9.17, 15) is 27.2 Å². The lowest BCUT2D eigenvalue weighted by molar-refractivity contribution is -0.127. The number of alkyl halides is 4. The van der Waals surface area contributed by atoms with Crippen LogP contribution in [-0.4, -0.2) is 46.0 Å². The van der Waals surface area contributed by atoms with E-state index in [1.165, 1.54) is 50.2 Å². The number of carbonyl (C=O) groups is 2. The first-order valence-corrected chi connectivity index (χ1v) is 14.2. The maximum Gasteiger partial charge on any atom is 0.387 e. The summed E-state index contributed by atoms with van der Waals surface area (Å²) in [5.41, 5.74) is 1.07. The van der Waals surface area contributed by atoms with Gasteiger partial charge in [0.2, 0.25) is 5.91 Å². The van der Waals surface area contributed by atoms with Crippen LogP contribution in [0, 0.1) is 12.8 Å². The molecule has 5 rings (SSSR count). The lowest BCUT2D eigenvalue weighted by Gasteiger charge is -2.18. The fourth-order valence-electron chi connectivity index (χ4n) is 5.00. The summed E-state index contributed by atoms with van der Waals surface area (Å²) in [7, 11) is 1.55. The topological polar surface area (TPSA) is 111 Å². The Morgan fingerprint density at radius 3 is 2.46 bits per heavy atom. The van der Waals surface area contributed by atoms with Crippen molar-refractivity contribution in [3.05, 3.63) is 83.7 Å². The van der Waals surface area contributed by atoms with E-state index in [4.69, 9.17) is 9.47 Å². The van der Waals surface area contributed by atoms with Crippen molar-refractivity contribution in [3.8, 4) is 22.9 Å². The molecule has 0 radical (unpaired) electrons. The molecule has 10 nitrogen and oxygen atoms in total. The fourth-order valence-corrected chi connectivity index (χ4v) is 5.00. The molecule has 1 aliphatic heterocycles. The van der Waals surface area contributed by atoms with Crippen LogP contribution in [0.1, 0.15) is 37.2 Å². The molecule has 1 unspecified atom stereocenters. The number of hydrogen-bond acceptors (Lipinski definition) is 7. The van der Waals surface area contributed by atoms with Gasteiger partial charge in [-0.05, 0) is 61.9 Å². The Morgan fingerprint density at radius 2 is 1.78 bits per heavy atom. The molecule has 46 heavy (non-hydrogen) atoms. The Bertz CT molecular complexity index is 1790. The summed E-state index contributed by atoms with van der Waals surface area (Å²) in [6.45, 7) is 1.66. The summed E-state index contributed by atoms with van der Waals surface area (Å²) in [5, 5.41) is 16.1. The van der Waals surface area contributed by atoms with Crippen LogP contribution in [0.3, 0.4) is 0 Å². The summed E-state index contributed by atoms with van der Waals surface area (Å²) in [4.78, 5) is 26.7. The van der Waals surface area contributed by atoms with E-state index in [0.29, 0.717) is 11.6 Å². The number of rotatable bonds is 11. The monoisotopic (exact) mass is 638 g/mol. The van der Waals surface area contributed by atoms with Crippen LogP contribution in [0.25, 0.3) is 11.4 Å². The number of carbonyl (C=O) groups excluding carboxylic acids is 2. The number of hydrazone groups is 1. The normalized spacial score (nSPS) is 14.9. The van der Waals surface area contributed by atoms with Crippen molar-refractivity contribution in [2.45, 2.75) is 46.3 Å². The number of aromatic nitrogens is 3. The van der Waals surface area contributed by atoms with Crippen molar-refractivity contribution < 1.29 is 36.6 Å². The Balaban J connectivity index is 1.44. The zero-order valence-corrected chi connectivity index (χ0v) is 25.3. The number of hydrogen-bond donors (Lipinski definition) is 1. The van der Waals surface area contributed by atoms with E-state index in [1.54, 1.807) is 30.7 Å². The van der Waals surface area contributed by atoms with Crippen LogP contribution in [0.5, 0.6) is 11.5 Å². The predicted molar refractivity (Wildman–Crippen MR) is 162 cm³/mol. The van der Waals surface area contributed by atoms with Crippen LogP contribution >= 0.6 is 0 Å². The van der Waals surface area contributed by atoms with Crippen LogP contribution in [0.4, 0.5) is 28.9 Å². The van der Waals surface area contributed by atoms with Crippen LogP contribution in [-0.2, 0) is 22.1 Å². The quantitative estimate of drug-likeness (QED) is 0.151. The lowest BCUT2D eigenvalue weighted by atomic mass is 10.0. The van der Waals surface area contributed by atoms with Gasteiger partial charge in [0.25, 0.3) is 11.8 Å². The minimum Gasteiger partial charge on any atom is -0.497 e. The molecule has 4 aromatic rings. The third kappa shape index (κ3) is 6.55. The number of aryl methyl sites for hydroxylation is 1. The molecule has 1 N–H and O–H groups in total. The number of benzene rings is 3. The van der Waals surface area contributed by atoms with Crippen molar-refractivity contribution in [2.24, 2.45) is 11.0 Å². The Hall–Kier alpha value is -5.27. The zero-order valence-electron chi connectivity index (χ0n) is 25.3. The van der Waals surface area contributed by atoms with E-state index in [2.05, 4.69) is 20.6 Å². The molecule has 0 aliphatic carbocycles. The van der Waals surface area contributed by atoms with Gasteiger partial charge < -0.3 is 19.4 Å². The molecule has 0 saturated heterocycles. The first-order chi connectivity index (χ1) is 21.9. The van der Waals surface area contributed by atoms with E-state index in [1.807, 2.05) is 12.1 Å². The summed E-state index contributed by atoms with van der Waals surface area (Å²) < 4.78 is 67.0. The first-order valence-electron chi connectivity index (χ1n) is 14.2. The summed E-state index contributed by atoms with van der Waals surface area (Å²) >= 11 is 0. The number of methoxy groups -OCH3 is 1. The maximum atomic E-state index is 14.2. The molecule has 0 fully saturated rings. The number of ether oxygens (including phenoxy) is 2. The standard InChI is InChI=1S/C32H30F4N6O4/c1-5-32(35,36)21-7-6-8-22(15-21)37-29(43)27-18(2)40-42(30(27)44)23-11-14-26(46-31(33)34)25(16-23)28-39-38-19(3)41(28)17-20-9-12-24(45-4)13-10-20/h6-16,27,31H,5,17H2,1-4H3,(H,37,43). The highest BCUT2D eigenvalue weighted by Gasteiger charge is 2.40. The molecule has 0 spiro atoms. The molecule has 0 bridgehead atoms. The Labute approximate surface area is 261 Å². The SMILES string of the molecule is CCC(F)(F)c1cccc(NC(=O)C2C(=O)N(c3ccc(OC(F)F)c(-c4nnc(C)n4Cc4ccc(OC)cc4)c3)N=C2C)c1. The van der Waals surface area contributed by atoms with E-state index in [0.717, 1.165) is 16.6 Å². The molecular formula is C32H30F4N6O4. The van der Waals surface area contributed by atoms with E-state index < -0.39 is 36.7 Å². The molecular weight excluding hydrogens is 608 g/mol. The van der Waals surface area contributed by atoms with Gasteiger partial charge in [-0.2, -0.15) is 18.9 Å². The number of amides is 2. The first kappa shape index (κ1) is 32.1. The number of nitrogens with zero attached hydrogens (tertiary/aromatic N) is 5. The van der Waals surface area contributed by atoms with Gasteiger partial charge in [0.1, 0.15) is 17.3 Å². The Morgan fingerprint density at radius 1 is 1.04 bits per heavy atom. The summed E-state index contributed by atoms with van der Waals surface area (Å²) in [6, 6.07) is 16.5. The lowest BCUT2D eigenvalue weighted by Crippen LogP contribution is -2.36. The molecule has 3 aromatic carbocycles. The van der Waals surface area contributed by atoms with Crippen LogP contribution in [0.2, 0.25) is 0 Å². The van der Waals surface area contributed by atoms with E-state index in [-0.39, 0.29) is 46.3 Å². The van der Waals surface area contributed by atoms with E-state index >= 15 is 0 Å². The minimum absolute atomic E-state index is 0.0945. The summed E-state index contributed by atoms with van der Waals surface area (Å²) in [5.74, 6) is -4.82. The van der Waals surface area contributed by atoms with Crippen molar-refractivity contribution in [1.82, 2.24) is 14.8 Å². The predicted octanol–water partition coefficient (Wildman–Crippen LogP) is 6.39. The smallest absolute Gasteiger partial charge is 0.387 e. The van der Waals surface area contributed by atoms with Gasteiger partial charge in [0.05, 0.1) is 30.6 Å². The average molecular weight is 639 g/mol. The molecule has 2 amide bonds. The highest BCUT2D eigenvalue weighted by Crippen LogP contribution is 2.37. The highest BCUT2D eigenvalue weighted by atomic mass is 19.3. The van der Waals surface area contributed by atoms with Crippen LogP contribution in [0.15, 0.2) is 71.8 Å². The van der Waals surface area contributed by atoms with Gasteiger partial charge in [-0.3, -0.25) is 9.59 Å². The van der Waals surface area contributed by atoms with Crippen LogP contribution < -0.4 is 19.8 Å². The molecule has 2 heterocycles. The largest absolute Gasteiger partial charge is 0.497 e. The number of anilines is 2. The van der Waals surface area contributed by atoms with Gasteiger partial charge in [0.15, 0.2) is 11.7 Å². The molecule has 1 aromatic heterocycles. The molecule has 240 valence electrons. The molecule has 1 aliphatic rings. The third-order valence-corrected chi connectivity index (χ3v) is 7.49. The average Bonchev–Trinajstić information content (AvgIpc) is 3.54. The molecule has 0 saturated carbocycles. The van der Waals surface area contributed by atoms with Gasteiger partial charge in [-0.1, -0.05) is 31.2 Å². The Kier molecular flexibility index (Phi) is 9.08. The van der Waals surface area contributed by atoms with Gasteiger partial charge in [-0.25, -0.2) is 8.78 Å². The summed E-state index contributed by atoms with van der Waals surface area (Å²) in [6.07, 6.45) is -0.424. The second-order valence-electron chi connectivity index (χ2n) is 10.5. The van der Waals surface area contributed by atoms with Crippen molar-refractivity contribution in [2.75, 3.05) is 17.4 Å². The molecule has 14 heteroatoms. The van der Waals surface area contributed by atoms with Gasteiger partial charge >= 0.3 is 6.61 Å².